The second-order valence-corrected chi connectivity index (χ2v) is 9.56. The lowest BCUT2D eigenvalue weighted by molar-refractivity contribution is 0.0926. The number of hydrogen-bond donors (Lipinski definition) is 0. The van der Waals surface area contributed by atoms with Crippen LogP contribution in [0.15, 0.2) is 108 Å². The first kappa shape index (κ1) is 21.4. The molecule has 6 heteroatoms. The number of carbonyl (C=O) groups excluding carboxylic acids is 2. The van der Waals surface area contributed by atoms with Gasteiger partial charge in [-0.1, -0.05) is 54.6 Å². The largest absolute Gasteiger partial charge is 0.455 e. The van der Waals surface area contributed by atoms with E-state index in [0.29, 0.717) is 16.8 Å². The Morgan fingerprint density at radius 2 is 1.33 bits per heavy atom. The molecule has 2 amide bonds. The minimum absolute atomic E-state index is 0.234. The van der Waals surface area contributed by atoms with Crippen molar-refractivity contribution in [2.75, 3.05) is 4.90 Å². The molecule has 0 aliphatic carbocycles. The fourth-order valence-corrected chi connectivity index (χ4v) is 5.92. The van der Waals surface area contributed by atoms with E-state index in [-0.39, 0.29) is 11.3 Å². The van der Waals surface area contributed by atoms with E-state index in [2.05, 4.69) is 6.07 Å². The smallest absolute Gasteiger partial charge is 0.266 e. The summed E-state index contributed by atoms with van der Waals surface area (Å²) >= 11 is 0. The maximum Gasteiger partial charge on any atom is 0.266 e. The van der Waals surface area contributed by atoms with E-state index in [4.69, 9.17) is 4.42 Å². The Morgan fingerprint density at radius 1 is 0.641 bits per heavy atom. The molecule has 0 saturated carbocycles. The van der Waals surface area contributed by atoms with Crippen molar-refractivity contribution < 1.29 is 14.0 Å². The molecule has 7 aromatic rings. The second-order valence-electron chi connectivity index (χ2n) is 9.56. The zero-order valence-electron chi connectivity index (χ0n) is 20.4. The van der Waals surface area contributed by atoms with E-state index in [9.17, 15) is 14.9 Å². The molecule has 0 radical (unpaired) electrons. The van der Waals surface area contributed by atoms with Crippen LogP contribution in [0, 0.1) is 11.3 Å². The Bertz CT molecular complexity index is 2210. The quantitative estimate of drug-likeness (QED) is 0.231. The molecule has 2 aromatic heterocycles. The summed E-state index contributed by atoms with van der Waals surface area (Å²) in [5, 5.41) is 14.0. The van der Waals surface area contributed by atoms with Gasteiger partial charge in [-0.05, 0) is 48.5 Å². The highest BCUT2D eigenvalue weighted by Crippen LogP contribution is 2.43. The maximum absolute atomic E-state index is 13.6. The SMILES string of the molecule is N#Cc1cccc(-n2c3ccccc3c3c4oc5ccccc5c4ccc32)c1N1C(=O)c2ccccc2C1=O. The highest BCUT2D eigenvalue weighted by atomic mass is 16.3. The van der Waals surface area contributed by atoms with Crippen molar-refractivity contribution in [2.24, 2.45) is 0 Å². The van der Waals surface area contributed by atoms with Gasteiger partial charge in [0.2, 0.25) is 0 Å². The number of benzene rings is 5. The van der Waals surface area contributed by atoms with Crippen LogP contribution in [-0.4, -0.2) is 16.4 Å². The van der Waals surface area contributed by atoms with Crippen LogP contribution < -0.4 is 4.90 Å². The summed E-state index contributed by atoms with van der Waals surface area (Å²) in [7, 11) is 0. The van der Waals surface area contributed by atoms with Crippen LogP contribution in [-0.2, 0) is 0 Å². The zero-order chi connectivity index (χ0) is 26.2. The van der Waals surface area contributed by atoms with Crippen molar-refractivity contribution in [2.45, 2.75) is 0 Å². The van der Waals surface area contributed by atoms with Crippen LogP contribution in [0.3, 0.4) is 0 Å². The number of imide groups is 1. The third-order valence-corrected chi connectivity index (χ3v) is 7.57. The number of carbonyl (C=O) groups is 2. The molecule has 0 bridgehead atoms. The topological polar surface area (TPSA) is 79.2 Å². The fourth-order valence-electron chi connectivity index (χ4n) is 5.92. The van der Waals surface area contributed by atoms with Crippen molar-refractivity contribution in [3.63, 3.8) is 0 Å². The number of aromatic nitrogens is 1. The molecule has 182 valence electrons. The van der Waals surface area contributed by atoms with Crippen LogP contribution >= 0.6 is 0 Å². The number of hydrogen-bond acceptors (Lipinski definition) is 4. The average molecular weight is 504 g/mol. The van der Waals surface area contributed by atoms with E-state index in [1.165, 1.54) is 0 Å². The highest BCUT2D eigenvalue weighted by Gasteiger charge is 2.39. The van der Waals surface area contributed by atoms with Crippen LogP contribution in [0.25, 0.3) is 49.4 Å². The molecular formula is C33H17N3O3. The van der Waals surface area contributed by atoms with Crippen molar-refractivity contribution in [1.82, 2.24) is 4.57 Å². The van der Waals surface area contributed by atoms with Crippen LogP contribution in [0.1, 0.15) is 26.3 Å². The van der Waals surface area contributed by atoms with Crippen molar-refractivity contribution >= 4 is 61.2 Å². The van der Waals surface area contributed by atoms with E-state index >= 15 is 0 Å². The number of nitrogens with zero attached hydrogens (tertiary/aromatic N) is 3. The highest BCUT2D eigenvalue weighted by molar-refractivity contribution is 6.35. The summed E-state index contributed by atoms with van der Waals surface area (Å²) in [5.74, 6) is -0.889. The van der Waals surface area contributed by atoms with Gasteiger partial charge in [0.15, 0.2) is 0 Å². The molecule has 1 aliphatic rings. The van der Waals surface area contributed by atoms with Crippen LogP contribution in [0.2, 0.25) is 0 Å². The molecule has 5 aromatic carbocycles. The number of fused-ring (bicyclic) bond motifs is 8. The molecule has 0 atom stereocenters. The molecule has 39 heavy (non-hydrogen) atoms. The third-order valence-electron chi connectivity index (χ3n) is 7.57. The van der Waals surface area contributed by atoms with E-state index < -0.39 is 11.8 Å². The molecule has 0 N–H and O–H groups in total. The number of furan rings is 1. The molecule has 0 unspecified atom stereocenters. The Hall–Kier alpha value is -5.67. The summed E-state index contributed by atoms with van der Waals surface area (Å²) in [5.41, 5.74) is 4.99. The van der Waals surface area contributed by atoms with Gasteiger partial charge in [-0.25, -0.2) is 4.90 Å². The molecular weight excluding hydrogens is 486 g/mol. The van der Waals surface area contributed by atoms with Crippen LogP contribution in [0.5, 0.6) is 0 Å². The minimum atomic E-state index is -0.444. The van der Waals surface area contributed by atoms with Crippen LogP contribution in [0.4, 0.5) is 5.69 Å². The lowest BCUT2D eigenvalue weighted by Crippen LogP contribution is -2.31. The summed E-state index contributed by atoms with van der Waals surface area (Å²) < 4.78 is 8.40. The number of nitriles is 1. The van der Waals surface area contributed by atoms with Gasteiger partial charge >= 0.3 is 0 Å². The normalized spacial score (nSPS) is 13.2. The molecule has 3 heterocycles. The molecule has 0 saturated heterocycles. The van der Waals surface area contributed by atoms with Gasteiger partial charge in [-0.3, -0.25) is 9.59 Å². The Kier molecular flexibility index (Phi) is 4.21. The van der Waals surface area contributed by atoms with Crippen molar-refractivity contribution in [1.29, 1.82) is 5.26 Å². The van der Waals surface area contributed by atoms with Crippen molar-refractivity contribution in [3.05, 3.63) is 120 Å². The Morgan fingerprint density at radius 3 is 2.10 bits per heavy atom. The van der Waals surface area contributed by atoms with Gasteiger partial charge in [0.1, 0.15) is 17.2 Å². The lowest BCUT2D eigenvalue weighted by atomic mass is 10.1. The van der Waals surface area contributed by atoms with Gasteiger partial charge in [0, 0.05) is 16.2 Å². The van der Waals surface area contributed by atoms with E-state index in [1.54, 1.807) is 36.4 Å². The lowest BCUT2D eigenvalue weighted by Gasteiger charge is -2.21. The van der Waals surface area contributed by atoms with Gasteiger partial charge in [0.25, 0.3) is 11.8 Å². The first-order valence-electron chi connectivity index (χ1n) is 12.5. The van der Waals surface area contributed by atoms with E-state index in [1.807, 2.05) is 71.3 Å². The Balaban J connectivity index is 1.50. The van der Waals surface area contributed by atoms with Gasteiger partial charge in [-0.15, -0.1) is 0 Å². The monoisotopic (exact) mass is 503 g/mol. The summed E-state index contributed by atoms with van der Waals surface area (Å²) in [6.07, 6.45) is 0. The number of anilines is 1. The predicted molar refractivity (Wildman–Crippen MR) is 150 cm³/mol. The average Bonchev–Trinajstić information content (AvgIpc) is 3.60. The van der Waals surface area contributed by atoms with Gasteiger partial charge in [-0.2, -0.15) is 5.26 Å². The van der Waals surface area contributed by atoms with Gasteiger partial charge in [0.05, 0.1) is 44.5 Å². The number of amides is 2. The second kappa shape index (κ2) is 7.67. The van der Waals surface area contributed by atoms with E-state index in [0.717, 1.165) is 48.6 Å². The summed E-state index contributed by atoms with van der Waals surface area (Å²) in [6.45, 7) is 0. The predicted octanol–water partition coefficient (Wildman–Crippen LogP) is 7.36. The summed E-state index contributed by atoms with van der Waals surface area (Å²) in [4.78, 5) is 28.3. The van der Waals surface area contributed by atoms with Gasteiger partial charge < -0.3 is 8.98 Å². The Labute approximate surface area is 221 Å². The molecule has 0 fully saturated rings. The maximum atomic E-state index is 13.6. The first-order valence-corrected chi connectivity index (χ1v) is 12.5. The minimum Gasteiger partial charge on any atom is -0.455 e. The number of rotatable bonds is 2. The fraction of sp³-hybridized carbons (Fsp3) is 0. The first-order chi connectivity index (χ1) is 19.2. The number of para-hydroxylation sites is 3. The standard InChI is InChI=1S/C33H17N3O3/c34-18-19-8-7-14-27(30(19)36-32(37)22-10-1-2-11-23(22)33(36)38)35-25-13-5-3-12-24(25)29-26(35)17-16-21-20-9-4-6-15-28(20)39-31(21)29/h1-17H. The third kappa shape index (κ3) is 2.73. The zero-order valence-corrected chi connectivity index (χ0v) is 20.4. The van der Waals surface area contributed by atoms with Crippen molar-refractivity contribution in [3.8, 4) is 11.8 Å². The molecule has 8 rings (SSSR count). The summed E-state index contributed by atoms with van der Waals surface area (Å²) in [6, 6.07) is 34.2. The molecule has 0 spiro atoms. The molecule has 6 nitrogen and oxygen atoms in total. The molecule has 1 aliphatic heterocycles.